The van der Waals surface area contributed by atoms with Gasteiger partial charge in [0.25, 0.3) is 0 Å². The summed E-state index contributed by atoms with van der Waals surface area (Å²) in [6.07, 6.45) is 3.22. The summed E-state index contributed by atoms with van der Waals surface area (Å²) < 4.78 is 3.61. The van der Waals surface area contributed by atoms with Crippen molar-refractivity contribution < 1.29 is 5.11 Å². The van der Waals surface area contributed by atoms with E-state index in [0.29, 0.717) is 0 Å². The van der Waals surface area contributed by atoms with Gasteiger partial charge in [0.05, 0.1) is 0 Å². The van der Waals surface area contributed by atoms with Gasteiger partial charge in [-0.05, 0) is 0 Å². The summed E-state index contributed by atoms with van der Waals surface area (Å²) in [6.45, 7) is 3.56. The molecule has 0 atom stereocenters. The Kier molecular flexibility index (Phi) is 4.31. The summed E-state index contributed by atoms with van der Waals surface area (Å²) in [6, 6.07) is 8.00. The number of hydrogen-bond acceptors (Lipinski definition) is 4. The first-order chi connectivity index (χ1) is 11.5. The van der Waals surface area contributed by atoms with E-state index in [1.165, 1.54) is 14.8 Å². The number of aromatic nitrogens is 2. The Morgan fingerprint density at radius 1 is 1.25 bits per heavy atom. The summed E-state index contributed by atoms with van der Waals surface area (Å²) >= 11 is 5.36. The molecule has 1 aromatic heterocycles. The van der Waals surface area contributed by atoms with Gasteiger partial charge < -0.3 is 0 Å². The molecule has 122 valence electrons. The normalized spacial score (nSPS) is 19.1. The fourth-order valence-corrected chi connectivity index (χ4v) is 6.64. The third-order valence-electron chi connectivity index (χ3n) is 4.73. The van der Waals surface area contributed by atoms with Crippen molar-refractivity contribution >= 4 is 47.8 Å². The number of rotatable bonds is 2. The second kappa shape index (κ2) is 6.32. The van der Waals surface area contributed by atoms with Gasteiger partial charge in [-0.25, -0.2) is 0 Å². The summed E-state index contributed by atoms with van der Waals surface area (Å²) in [7, 11) is 0. The van der Waals surface area contributed by atoms with Crippen molar-refractivity contribution in [2.24, 2.45) is 0 Å². The minimum atomic E-state index is -0.824. The fourth-order valence-electron chi connectivity index (χ4n) is 3.27. The Balaban J connectivity index is 1.72. The van der Waals surface area contributed by atoms with E-state index in [1.54, 1.807) is 6.33 Å². The van der Waals surface area contributed by atoms with E-state index in [9.17, 15) is 5.11 Å². The summed E-state index contributed by atoms with van der Waals surface area (Å²) in [5.41, 5.74) is 3.00. The van der Waals surface area contributed by atoms with Crippen LogP contribution in [0.3, 0.4) is 0 Å². The Morgan fingerprint density at radius 2 is 2.04 bits per heavy atom. The van der Waals surface area contributed by atoms with Crippen LogP contribution in [0.4, 0.5) is 5.82 Å². The predicted octanol–water partition coefficient (Wildman–Crippen LogP) is 2.21. The third-order valence-corrected chi connectivity index (χ3v) is 8.06. The van der Waals surface area contributed by atoms with Gasteiger partial charge in [-0.2, -0.15) is 0 Å². The van der Waals surface area contributed by atoms with Crippen molar-refractivity contribution in [3.63, 3.8) is 0 Å². The van der Waals surface area contributed by atoms with Gasteiger partial charge in [0.15, 0.2) is 0 Å². The van der Waals surface area contributed by atoms with Crippen LogP contribution in [0.25, 0.3) is 5.57 Å². The van der Waals surface area contributed by atoms with E-state index in [0.717, 1.165) is 42.3 Å². The molecule has 4 rings (SSSR count). The molecule has 6 heteroatoms. The molecule has 24 heavy (non-hydrogen) atoms. The number of piperidine rings is 1. The predicted molar refractivity (Wildman–Crippen MR) is 98.0 cm³/mol. The van der Waals surface area contributed by atoms with Crippen LogP contribution in [0, 0.1) is 0 Å². The first-order valence-corrected chi connectivity index (χ1v) is 11.5. The summed E-state index contributed by atoms with van der Waals surface area (Å²) in [4.78, 5) is 11.4. The molecule has 0 spiro atoms. The van der Waals surface area contributed by atoms with Crippen LogP contribution in [0.1, 0.15) is 30.9 Å². The Labute approximate surface area is 156 Å². The van der Waals surface area contributed by atoms with E-state index in [1.807, 2.05) is 25.1 Å². The molecule has 1 saturated heterocycles. The van der Waals surface area contributed by atoms with Crippen molar-refractivity contribution in [2.75, 3.05) is 18.0 Å². The number of anilines is 1. The van der Waals surface area contributed by atoms with Gasteiger partial charge in [0.1, 0.15) is 0 Å². The van der Waals surface area contributed by atoms with Crippen LogP contribution >= 0.6 is 11.6 Å². The number of benzene rings is 1. The van der Waals surface area contributed by atoms with Gasteiger partial charge in [0, 0.05) is 0 Å². The maximum atomic E-state index is 10.2. The molecule has 3 heterocycles. The molecule has 1 aromatic carbocycles. The average Bonchev–Trinajstić information content (AvgIpc) is 2.99. The Hall–Kier alpha value is -1.11. The van der Waals surface area contributed by atoms with Gasteiger partial charge >= 0.3 is 157 Å². The van der Waals surface area contributed by atoms with Crippen LogP contribution in [0.2, 0.25) is 5.02 Å². The molecular formula is C18H18ClN3OSn. The molecule has 4 nitrogen and oxygen atoms in total. The van der Waals surface area contributed by atoms with Crippen LogP contribution in [-0.2, 0) is 0 Å². The molecule has 2 radical (unpaired) electrons. The molecule has 2 aromatic rings. The topological polar surface area (TPSA) is 49.2 Å². The number of hydrogen-bond donors (Lipinski definition) is 1. The van der Waals surface area contributed by atoms with Gasteiger partial charge in [-0.3, -0.25) is 0 Å². The van der Waals surface area contributed by atoms with Crippen LogP contribution in [0.5, 0.6) is 0 Å². The van der Waals surface area contributed by atoms with E-state index in [4.69, 9.17) is 11.6 Å². The molecule has 1 N–H and O–H groups in total. The van der Waals surface area contributed by atoms with Crippen molar-refractivity contribution in [2.45, 2.75) is 25.4 Å². The monoisotopic (exact) mass is 447 g/mol. The molecule has 2 aliphatic heterocycles. The van der Waals surface area contributed by atoms with Crippen LogP contribution < -0.4 is 8.61 Å². The molecule has 0 saturated carbocycles. The first kappa shape index (κ1) is 16.4. The second-order valence-corrected chi connectivity index (χ2v) is 10.1. The SMILES string of the molecule is CC1(O)CCN(c2ncn[c]3c2C(c2cccc(Cl)c2)=[CH][Sn]3)CC1. The van der Waals surface area contributed by atoms with E-state index < -0.39 is 26.7 Å². The van der Waals surface area contributed by atoms with E-state index in [-0.39, 0.29) is 0 Å². The van der Waals surface area contributed by atoms with Crippen molar-refractivity contribution in [1.82, 2.24) is 9.97 Å². The van der Waals surface area contributed by atoms with Crippen molar-refractivity contribution in [1.29, 1.82) is 0 Å². The molecule has 1 fully saturated rings. The number of aliphatic hydroxyl groups is 1. The molecule has 0 unspecified atom stereocenters. The van der Waals surface area contributed by atoms with Crippen LogP contribution in [-0.4, -0.2) is 54.9 Å². The summed E-state index contributed by atoms with van der Waals surface area (Å²) in [5, 5.41) is 11.0. The first-order valence-electron chi connectivity index (χ1n) is 8.09. The molecule has 0 bridgehead atoms. The molecule has 0 aliphatic carbocycles. The quantitative estimate of drug-likeness (QED) is 0.719. The Morgan fingerprint density at radius 3 is 2.79 bits per heavy atom. The third kappa shape index (κ3) is 3.07. The summed E-state index contributed by atoms with van der Waals surface area (Å²) in [5.74, 6) is 1.01. The standard InChI is InChI=1S/C18H18ClN3O.Sn/c1-13(14-4-3-5-15(19)10-14)16-11-20-12-21-17(16)22-8-6-18(2,23)7-9-22;/h1,3-5,10,12,23H,6-9H2,2H3;. The zero-order valence-corrected chi connectivity index (χ0v) is 17.1. The fraction of sp³-hybridized carbons (Fsp3) is 0.333. The molecule has 2 aliphatic rings. The van der Waals surface area contributed by atoms with Gasteiger partial charge in [0.2, 0.25) is 0 Å². The number of fused-ring (bicyclic) bond motifs is 1. The average molecular weight is 447 g/mol. The minimum absolute atomic E-state index is 0.560. The molecule has 0 amide bonds. The van der Waals surface area contributed by atoms with Gasteiger partial charge in [-0.15, -0.1) is 0 Å². The number of nitrogens with zero attached hydrogens (tertiary/aromatic N) is 3. The zero-order valence-electron chi connectivity index (χ0n) is 13.5. The molecular weight excluding hydrogens is 428 g/mol. The van der Waals surface area contributed by atoms with Crippen molar-refractivity contribution in [3.05, 3.63) is 50.8 Å². The second-order valence-electron chi connectivity index (χ2n) is 6.62. The Bertz CT molecular complexity index is 812. The number of halogens is 1. The van der Waals surface area contributed by atoms with E-state index >= 15 is 0 Å². The van der Waals surface area contributed by atoms with Gasteiger partial charge in [-0.1, -0.05) is 0 Å². The van der Waals surface area contributed by atoms with E-state index in [2.05, 4.69) is 25.0 Å². The maximum absolute atomic E-state index is 10.2. The zero-order chi connectivity index (χ0) is 16.7. The van der Waals surface area contributed by atoms with Crippen molar-refractivity contribution in [3.8, 4) is 0 Å². The van der Waals surface area contributed by atoms with Crippen LogP contribution in [0.15, 0.2) is 34.7 Å².